The van der Waals surface area contributed by atoms with E-state index in [0.717, 1.165) is 29.1 Å². The van der Waals surface area contributed by atoms with Crippen LogP contribution in [0.15, 0.2) is 59.5 Å². The van der Waals surface area contributed by atoms with Gasteiger partial charge >= 0.3 is 0 Å². The molecule has 3 aromatic rings. The number of benzene rings is 2. The van der Waals surface area contributed by atoms with Crippen molar-refractivity contribution in [1.82, 2.24) is 4.57 Å². The summed E-state index contributed by atoms with van der Waals surface area (Å²) in [5.74, 6) is -0.239. The van der Waals surface area contributed by atoms with E-state index in [0.29, 0.717) is 19.6 Å². The van der Waals surface area contributed by atoms with Crippen molar-refractivity contribution in [2.75, 3.05) is 26.1 Å². The molecule has 0 spiro atoms. The first-order valence-electron chi connectivity index (χ1n) is 9.44. The second-order valence-electron chi connectivity index (χ2n) is 6.62. The maximum Gasteiger partial charge on any atom is 0.123 e. The number of hydrogen-bond acceptors (Lipinski definition) is 3. The summed E-state index contributed by atoms with van der Waals surface area (Å²) in [6.45, 7) is 3.42. The highest BCUT2D eigenvalue weighted by atomic mass is 32.2. The van der Waals surface area contributed by atoms with Crippen LogP contribution in [-0.4, -0.2) is 35.8 Å². The van der Waals surface area contributed by atoms with Crippen molar-refractivity contribution in [2.45, 2.75) is 24.7 Å². The number of aromatic nitrogens is 1. The minimum absolute atomic E-state index is 0.149. The highest BCUT2D eigenvalue weighted by Gasteiger charge is 2.15. The van der Waals surface area contributed by atoms with Gasteiger partial charge in [-0.3, -0.25) is 0 Å². The molecule has 148 valence electrons. The second kappa shape index (κ2) is 9.92. The molecule has 0 saturated heterocycles. The Balaban J connectivity index is 1.95. The fraction of sp³-hybridized carbons (Fsp3) is 0.304. The maximum atomic E-state index is 13.4. The molecule has 0 radical (unpaired) electrons. The summed E-state index contributed by atoms with van der Waals surface area (Å²) in [6, 6.07) is 17.3. The number of ether oxygens (including phenoxy) is 1. The predicted octanol–water partition coefficient (Wildman–Crippen LogP) is 5.26. The minimum atomic E-state index is -0.239. The van der Waals surface area contributed by atoms with Crippen LogP contribution in [0.1, 0.15) is 17.7 Å². The summed E-state index contributed by atoms with van der Waals surface area (Å²) < 4.78 is 21.2. The normalized spacial score (nSPS) is 11.1. The van der Waals surface area contributed by atoms with Crippen molar-refractivity contribution < 1.29 is 14.2 Å². The van der Waals surface area contributed by atoms with E-state index in [2.05, 4.69) is 48.1 Å². The number of nitrogens with zero attached hydrogens (tertiary/aromatic N) is 1. The minimum Gasteiger partial charge on any atom is -0.396 e. The third-order valence-corrected chi connectivity index (χ3v) is 5.53. The van der Waals surface area contributed by atoms with Gasteiger partial charge in [0.05, 0.1) is 12.3 Å². The number of aliphatic hydroxyl groups is 1. The van der Waals surface area contributed by atoms with Crippen LogP contribution in [-0.2, 0) is 11.2 Å². The first-order valence-corrected chi connectivity index (χ1v) is 10.7. The molecule has 1 aromatic heterocycles. The van der Waals surface area contributed by atoms with Crippen LogP contribution in [0.5, 0.6) is 0 Å². The first-order chi connectivity index (χ1) is 13.6. The Morgan fingerprint density at radius 1 is 1.04 bits per heavy atom. The van der Waals surface area contributed by atoms with E-state index in [-0.39, 0.29) is 12.4 Å². The molecule has 0 fully saturated rings. The number of rotatable bonds is 9. The molecule has 3 rings (SSSR count). The van der Waals surface area contributed by atoms with Crippen LogP contribution in [0.3, 0.4) is 0 Å². The molecule has 0 aliphatic heterocycles. The summed E-state index contributed by atoms with van der Waals surface area (Å²) in [5, 5.41) is 8.86. The highest BCUT2D eigenvalue weighted by molar-refractivity contribution is 7.98. The molecule has 0 bridgehead atoms. The molecule has 1 heterocycles. The van der Waals surface area contributed by atoms with Gasteiger partial charge in [-0.05, 0) is 79.6 Å². The van der Waals surface area contributed by atoms with E-state index in [1.165, 1.54) is 22.6 Å². The van der Waals surface area contributed by atoms with Gasteiger partial charge in [0.2, 0.25) is 0 Å². The van der Waals surface area contributed by atoms with Crippen molar-refractivity contribution in [3.8, 4) is 16.9 Å². The smallest absolute Gasteiger partial charge is 0.123 e. The van der Waals surface area contributed by atoms with Gasteiger partial charge in [-0.25, -0.2) is 4.39 Å². The lowest BCUT2D eigenvalue weighted by atomic mass is 10.1. The zero-order valence-corrected chi connectivity index (χ0v) is 17.1. The number of thioether (sulfide) groups is 1. The zero-order valence-electron chi connectivity index (χ0n) is 16.3. The lowest BCUT2D eigenvalue weighted by molar-refractivity contribution is 0.118. The van der Waals surface area contributed by atoms with E-state index in [1.807, 2.05) is 12.1 Å². The lowest BCUT2D eigenvalue weighted by Gasteiger charge is -2.13. The molecular weight excluding hydrogens is 373 g/mol. The first kappa shape index (κ1) is 20.6. The van der Waals surface area contributed by atoms with Crippen molar-refractivity contribution in [2.24, 2.45) is 0 Å². The molecule has 5 heteroatoms. The number of aliphatic hydroxyl groups excluding tert-OH is 1. The third-order valence-electron chi connectivity index (χ3n) is 4.79. The summed E-state index contributed by atoms with van der Waals surface area (Å²) in [4.78, 5) is 1.22. The molecule has 0 amide bonds. The topological polar surface area (TPSA) is 34.4 Å². The summed E-state index contributed by atoms with van der Waals surface area (Å²) in [7, 11) is 0. The van der Waals surface area contributed by atoms with E-state index in [4.69, 9.17) is 9.84 Å². The Labute approximate surface area is 170 Å². The Morgan fingerprint density at radius 2 is 1.75 bits per heavy atom. The van der Waals surface area contributed by atoms with Gasteiger partial charge in [-0.15, -0.1) is 11.8 Å². The Kier molecular flexibility index (Phi) is 7.31. The predicted molar refractivity (Wildman–Crippen MR) is 114 cm³/mol. The van der Waals surface area contributed by atoms with Crippen molar-refractivity contribution in [3.05, 3.63) is 71.7 Å². The monoisotopic (exact) mass is 399 g/mol. The van der Waals surface area contributed by atoms with Crippen LogP contribution in [0, 0.1) is 12.7 Å². The van der Waals surface area contributed by atoms with E-state index in [9.17, 15) is 4.39 Å². The molecule has 0 saturated carbocycles. The fourth-order valence-electron chi connectivity index (χ4n) is 3.26. The number of hydrogen-bond donors (Lipinski definition) is 1. The molecule has 28 heavy (non-hydrogen) atoms. The molecule has 3 nitrogen and oxygen atoms in total. The van der Waals surface area contributed by atoms with Crippen molar-refractivity contribution in [3.63, 3.8) is 0 Å². The SMILES string of the molecule is CSc1ccc(-c2cc(CCOCCCO)c(C)n2-c2ccc(F)cc2)cc1. The molecule has 2 aromatic carbocycles. The van der Waals surface area contributed by atoms with Gasteiger partial charge in [-0.1, -0.05) is 12.1 Å². The van der Waals surface area contributed by atoms with Gasteiger partial charge in [0, 0.05) is 29.5 Å². The average Bonchev–Trinajstić information content (AvgIpc) is 3.05. The van der Waals surface area contributed by atoms with Gasteiger partial charge in [0.25, 0.3) is 0 Å². The second-order valence-corrected chi connectivity index (χ2v) is 7.50. The Hall–Kier alpha value is -2.08. The zero-order chi connectivity index (χ0) is 19.9. The number of halogens is 1. The highest BCUT2D eigenvalue weighted by Crippen LogP contribution is 2.31. The van der Waals surface area contributed by atoms with Crippen LogP contribution >= 0.6 is 11.8 Å². The molecule has 0 atom stereocenters. The van der Waals surface area contributed by atoms with E-state index >= 15 is 0 Å². The molecule has 0 aliphatic carbocycles. The molecule has 1 N–H and O–H groups in total. The Bertz CT molecular complexity index is 888. The van der Waals surface area contributed by atoms with Gasteiger partial charge in [-0.2, -0.15) is 0 Å². The van der Waals surface area contributed by atoms with E-state index < -0.39 is 0 Å². The maximum absolute atomic E-state index is 13.4. The average molecular weight is 400 g/mol. The molecule has 0 unspecified atom stereocenters. The fourth-order valence-corrected chi connectivity index (χ4v) is 3.67. The Morgan fingerprint density at radius 3 is 2.39 bits per heavy atom. The van der Waals surface area contributed by atoms with Crippen molar-refractivity contribution >= 4 is 11.8 Å². The van der Waals surface area contributed by atoms with Gasteiger partial charge in [0.15, 0.2) is 0 Å². The summed E-state index contributed by atoms with van der Waals surface area (Å²) in [6.07, 6.45) is 3.51. The van der Waals surface area contributed by atoms with Gasteiger partial charge in [0.1, 0.15) is 5.82 Å². The van der Waals surface area contributed by atoms with Crippen LogP contribution in [0.2, 0.25) is 0 Å². The summed E-state index contributed by atoms with van der Waals surface area (Å²) >= 11 is 1.72. The van der Waals surface area contributed by atoms with Gasteiger partial charge < -0.3 is 14.4 Å². The van der Waals surface area contributed by atoms with Crippen LogP contribution in [0.25, 0.3) is 16.9 Å². The van der Waals surface area contributed by atoms with Crippen LogP contribution < -0.4 is 0 Å². The quantitative estimate of drug-likeness (QED) is 0.394. The largest absolute Gasteiger partial charge is 0.396 e. The third kappa shape index (κ3) is 4.85. The molecule has 0 aliphatic rings. The van der Waals surface area contributed by atoms with E-state index in [1.54, 1.807) is 11.8 Å². The lowest BCUT2D eigenvalue weighted by Crippen LogP contribution is -2.03. The van der Waals surface area contributed by atoms with Crippen LogP contribution in [0.4, 0.5) is 4.39 Å². The molecular formula is C23H26FNO2S. The standard InChI is InChI=1S/C23H26FNO2S/c1-17-19(12-15-27-14-3-13-26)16-23(18-4-10-22(28-2)11-5-18)25(17)21-8-6-20(24)7-9-21/h4-11,16,26H,3,12-15H2,1-2H3. The summed E-state index contributed by atoms with van der Waals surface area (Å²) in [5.41, 5.74) is 5.48. The van der Waals surface area contributed by atoms with Crippen molar-refractivity contribution in [1.29, 1.82) is 0 Å².